The van der Waals surface area contributed by atoms with Gasteiger partial charge < -0.3 is 4.74 Å². The summed E-state index contributed by atoms with van der Waals surface area (Å²) in [5, 5.41) is 8.72. The van der Waals surface area contributed by atoms with Gasteiger partial charge in [0.15, 0.2) is 6.10 Å². The van der Waals surface area contributed by atoms with Gasteiger partial charge in [0.25, 0.3) is 10.0 Å². The normalized spacial score (nSPS) is 12.1. The van der Waals surface area contributed by atoms with E-state index in [4.69, 9.17) is 21.6 Å². The van der Waals surface area contributed by atoms with Crippen molar-refractivity contribution in [1.29, 1.82) is 5.26 Å². The minimum atomic E-state index is -3.93. The molecule has 0 aliphatic heterocycles. The molecular formula is C16H12BrClN2O4S. The smallest absolute Gasteiger partial charge is 0.340 e. The topological polar surface area (TPSA) is 96.3 Å². The van der Waals surface area contributed by atoms with Gasteiger partial charge >= 0.3 is 5.97 Å². The fourth-order valence-electron chi connectivity index (χ4n) is 1.81. The fourth-order valence-corrected chi connectivity index (χ4v) is 3.35. The fraction of sp³-hybridized carbons (Fsp3) is 0.125. The number of sulfonamides is 1. The Morgan fingerprint density at radius 2 is 1.92 bits per heavy atom. The number of ether oxygens (including phenoxy) is 1. The van der Waals surface area contributed by atoms with E-state index in [0.717, 1.165) is 10.5 Å². The van der Waals surface area contributed by atoms with E-state index in [-0.39, 0.29) is 15.5 Å². The van der Waals surface area contributed by atoms with E-state index in [1.165, 1.54) is 19.1 Å². The van der Waals surface area contributed by atoms with Crippen LogP contribution in [0.15, 0.2) is 51.8 Å². The minimum absolute atomic E-state index is 0.0257. The molecule has 0 spiro atoms. The van der Waals surface area contributed by atoms with Gasteiger partial charge in [0.05, 0.1) is 15.5 Å². The predicted octanol–water partition coefficient (Wildman–Crippen LogP) is 3.97. The third kappa shape index (κ3) is 4.95. The molecule has 0 radical (unpaired) electrons. The average Bonchev–Trinajstić information content (AvgIpc) is 2.56. The van der Waals surface area contributed by atoms with Gasteiger partial charge in [0, 0.05) is 10.2 Å². The van der Waals surface area contributed by atoms with Crippen LogP contribution in [0.5, 0.6) is 0 Å². The van der Waals surface area contributed by atoms with Gasteiger partial charge in [-0.05, 0) is 49.4 Å². The lowest BCUT2D eigenvalue weighted by Crippen LogP contribution is -2.16. The van der Waals surface area contributed by atoms with Gasteiger partial charge in [0.1, 0.15) is 6.07 Å². The van der Waals surface area contributed by atoms with Crippen LogP contribution < -0.4 is 4.72 Å². The van der Waals surface area contributed by atoms with Crippen LogP contribution in [0.2, 0.25) is 5.02 Å². The van der Waals surface area contributed by atoms with Gasteiger partial charge in [-0.25, -0.2) is 13.2 Å². The van der Waals surface area contributed by atoms with E-state index in [9.17, 15) is 13.2 Å². The molecule has 1 unspecified atom stereocenters. The Morgan fingerprint density at radius 1 is 1.28 bits per heavy atom. The van der Waals surface area contributed by atoms with Crippen LogP contribution in [0.25, 0.3) is 0 Å². The van der Waals surface area contributed by atoms with Gasteiger partial charge in [0.2, 0.25) is 0 Å². The number of benzene rings is 2. The molecule has 0 fully saturated rings. The van der Waals surface area contributed by atoms with E-state index in [2.05, 4.69) is 20.7 Å². The van der Waals surface area contributed by atoms with E-state index >= 15 is 0 Å². The summed E-state index contributed by atoms with van der Waals surface area (Å²) in [5.74, 6) is -0.875. The largest absolute Gasteiger partial charge is 0.444 e. The summed E-state index contributed by atoms with van der Waals surface area (Å²) in [7, 11) is -3.93. The first-order chi connectivity index (χ1) is 11.7. The minimum Gasteiger partial charge on any atom is -0.444 e. The first-order valence-electron chi connectivity index (χ1n) is 6.91. The number of rotatable bonds is 5. The predicted molar refractivity (Wildman–Crippen MR) is 96.9 cm³/mol. The maximum atomic E-state index is 12.5. The summed E-state index contributed by atoms with van der Waals surface area (Å²) >= 11 is 9.20. The Balaban J connectivity index is 2.32. The van der Waals surface area contributed by atoms with Crippen LogP contribution in [-0.4, -0.2) is 20.5 Å². The zero-order valence-electron chi connectivity index (χ0n) is 12.9. The maximum Gasteiger partial charge on any atom is 0.340 e. The number of nitrogens with zero attached hydrogens (tertiary/aromatic N) is 1. The van der Waals surface area contributed by atoms with E-state index < -0.39 is 22.1 Å². The summed E-state index contributed by atoms with van der Waals surface area (Å²) in [5.41, 5.74) is 0.225. The highest BCUT2D eigenvalue weighted by Crippen LogP contribution is 2.24. The highest BCUT2D eigenvalue weighted by Gasteiger charge is 2.21. The zero-order valence-corrected chi connectivity index (χ0v) is 16.0. The lowest BCUT2D eigenvalue weighted by atomic mass is 10.2. The number of hydrogen-bond acceptors (Lipinski definition) is 5. The second-order valence-electron chi connectivity index (χ2n) is 4.93. The van der Waals surface area contributed by atoms with Crippen LogP contribution in [-0.2, 0) is 14.8 Å². The third-order valence-electron chi connectivity index (χ3n) is 3.03. The summed E-state index contributed by atoms with van der Waals surface area (Å²) in [6.45, 7) is 1.39. The number of carbonyl (C=O) groups is 1. The molecule has 0 aliphatic rings. The van der Waals surface area contributed by atoms with Crippen molar-refractivity contribution >= 4 is 49.2 Å². The van der Waals surface area contributed by atoms with Crippen LogP contribution in [0.4, 0.5) is 5.69 Å². The molecule has 0 heterocycles. The summed E-state index contributed by atoms with van der Waals surface area (Å²) in [6.07, 6.45) is -0.982. The summed E-state index contributed by atoms with van der Waals surface area (Å²) in [6, 6.07) is 12.0. The molecule has 2 rings (SSSR count). The second kappa shape index (κ2) is 7.87. The molecule has 1 atom stereocenters. The van der Waals surface area contributed by atoms with Crippen molar-refractivity contribution < 1.29 is 17.9 Å². The van der Waals surface area contributed by atoms with Gasteiger partial charge in [-0.2, -0.15) is 5.26 Å². The molecule has 0 amide bonds. The molecule has 25 heavy (non-hydrogen) atoms. The Kier molecular flexibility index (Phi) is 6.06. The molecule has 130 valence electrons. The average molecular weight is 444 g/mol. The molecule has 0 aliphatic carbocycles. The molecule has 0 aromatic heterocycles. The number of halogens is 2. The van der Waals surface area contributed by atoms with Crippen molar-refractivity contribution in [3.63, 3.8) is 0 Å². The second-order valence-corrected chi connectivity index (χ2v) is 7.94. The standard InChI is InChI=1S/C16H12BrClN2O4S/c1-10(9-19)24-16(21)14-8-13(6-7-15(14)18)25(22,23)20-12-4-2-11(17)3-5-12/h2-8,10,20H,1H3. The number of nitriles is 1. The first kappa shape index (κ1) is 19.2. The highest BCUT2D eigenvalue weighted by molar-refractivity contribution is 9.10. The number of carbonyl (C=O) groups excluding carboxylic acids is 1. The van der Waals surface area contributed by atoms with Gasteiger partial charge in [-0.1, -0.05) is 27.5 Å². The van der Waals surface area contributed by atoms with Crippen molar-refractivity contribution in [3.8, 4) is 6.07 Å². The lowest BCUT2D eigenvalue weighted by molar-refractivity contribution is 0.0435. The van der Waals surface area contributed by atoms with E-state index in [0.29, 0.717) is 5.69 Å². The van der Waals surface area contributed by atoms with E-state index in [1.807, 2.05) is 0 Å². The molecule has 2 aromatic carbocycles. The number of anilines is 1. The van der Waals surface area contributed by atoms with Crippen LogP contribution in [0.3, 0.4) is 0 Å². The molecule has 9 heteroatoms. The van der Waals surface area contributed by atoms with Crippen LogP contribution in [0, 0.1) is 11.3 Å². The van der Waals surface area contributed by atoms with Crippen molar-refractivity contribution in [2.75, 3.05) is 4.72 Å². The maximum absolute atomic E-state index is 12.5. The molecule has 0 saturated carbocycles. The lowest BCUT2D eigenvalue weighted by Gasteiger charge is -2.11. The Bertz CT molecular complexity index is 940. The first-order valence-corrected chi connectivity index (χ1v) is 9.57. The molecule has 6 nitrogen and oxygen atoms in total. The van der Waals surface area contributed by atoms with Gasteiger partial charge in [-0.15, -0.1) is 0 Å². The highest BCUT2D eigenvalue weighted by atomic mass is 79.9. The van der Waals surface area contributed by atoms with Gasteiger partial charge in [-0.3, -0.25) is 4.72 Å². The molecule has 1 N–H and O–H groups in total. The van der Waals surface area contributed by atoms with Crippen molar-refractivity contribution in [2.24, 2.45) is 0 Å². The third-order valence-corrected chi connectivity index (χ3v) is 5.27. The van der Waals surface area contributed by atoms with Crippen molar-refractivity contribution in [2.45, 2.75) is 17.9 Å². The Hall–Kier alpha value is -2.08. The molecule has 0 saturated heterocycles. The SMILES string of the molecule is CC(C#N)OC(=O)c1cc(S(=O)(=O)Nc2ccc(Br)cc2)ccc1Cl. The quantitative estimate of drug-likeness (QED) is 0.705. The number of hydrogen-bond donors (Lipinski definition) is 1. The molecule has 2 aromatic rings. The Labute approximate surface area is 158 Å². The zero-order chi connectivity index (χ0) is 18.6. The summed E-state index contributed by atoms with van der Waals surface area (Å²) < 4.78 is 33.0. The summed E-state index contributed by atoms with van der Waals surface area (Å²) in [4.78, 5) is 11.9. The Morgan fingerprint density at radius 3 is 2.52 bits per heavy atom. The van der Waals surface area contributed by atoms with Crippen molar-refractivity contribution in [3.05, 3.63) is 57.5 Å². The monoisotopic (exact) mass is 442 g/mol. The van der Waals surface area contributed by atoms with Crippen LogP contribution >= 0.6 is 27.5 Å². The van der Waals surface area contributed by atoms with Crippen molar-refractivity contribution in [1.82, 2.24) is 0 Å². The van der Waals surface area contributed by atoms with E-state index in [1.54, 1.807) is 30.3 Å². The molecule has 0 bridgehead atoms. The molecular weight excluding hydrogens is 432 g/mol. The van der Waals surface area contributed by atoms with Crippen LogP contribution in [0.1, 0.15) is 17.3 Å². The number of esters is 1. The number of nitrogens with one attached hydrogen (secondary N) is 1.